The van der Waals surface area contributed by atoms with E-state index in [0.717, 1.165) is 5.56 Å². The first-order chi connectivity index (χ1) is 11.6. The molecule has 0 saturated heterocycles. The zero-order chi connectivity index (χ0) is 17.1. The Morgan fingerprint density at radius 2 is 1.92 bits per heavy atom. The maximum atomic E-state index is 14.1. The minimum Gasteiger partial charge on any atom is -0.380 e. The van der Waals surface area contributed by atoms with Crippen molar-refractivity contribution in [1.29, 1.82) is 0 Å². The van der Waals surface area contributed by atoms with Gasteiger partial charge in [-0.25, -0.2) is 8.78 Å². The van der Waals surface area contributed by atoms with Gasteiger partial charge in [0.25, 0.3) is 5.91 Å². The van der Waals surface area contributed by atoms with Crippen LogP contribution in [0.25, 0.3) is 10.1 Å². The van der Waals surface area contributed by atoms with Crippen LogP contribution in [0.3, 0.4) is 0 Å². The molecule has 0 aliphatic rings. The molecule has 0 aliphatic heterocycles. The molecule has 6 heteroatoms. The summed E-state index contributed by atoms with van der Waals surface area (Å²) in [7, 11) is 1.50. The lowest BCUT2D eigenvalue weighted by Crippen LogP contribution is -2.23. The molecule has 0 bridgehead atoms. The number of hydrogen-bond donors (Lipinski definition) is 1. The molecule has 0 atom stereocenters. The van der Waals surface area contributed by atoms with Crippen LogP contribution in [0.5, 0.6) is 0 Å². The van der Waals surface area contributed by atoms with Gasteiger partial charge in [0.2, 0.25) is 0 Å². The van der Waals surface area contributed by atoms with Gasteiger partial charge in [-0.2, -0.15) is 0 Å². The van der Waals surface area contributed by atoms with Crippen molar-refractivity contribution >= 4 is 27.3 Å². The van der Waals surface area contributed by atoms with Crippen molar-refractivity contribution in [2.24, 2.45) is 0 Å². The first-order valence-corrected chi connectivity index (χ1v) is 8.13. The fourth-order valence-electron chi connectivity index (χ4n) is 2.50. The summed E-state index contributed by atoms with van der Waals surface area (Å²) in [5.41, 5.74) is 1.33. The Balaban J connectivity index is 1.87. The Morgan fingerprint density at radius 1 is 1.17 bits per heavy atom. The number of ether oxygens (including phenoxy) is 1. The third-order valence-electron chi connectivity index (χ3n) is 3.62. The average Bonchev–Trinajstić information content (AvgIpc) is 2.94. The molecule has 0 aliphatic carbocycles. The van der Waals surface area contributed by atoms with Gasteiger partial charge in [0.05, 0.1) is 11.5 Å². The van der Waals surface area contributed by atoms with Crippen molar-refractivity contribution in [2.45, 2.75) is 13.2 Å². The quantitative estimate of drug-likeness (QED) is 0.749. The molecule has 0 unspecified atom stereocenters. The van der Waals surface area contributed by atoms with E-state index >= 15 is 0 Å². The molecule has 0 saturated carbocycles. The van der Waals surface area contributed by atoms with Gasteiger partial charge in [-0.1, -0.05) is 18.2 Å². The standard InChI is InChI=1S/C18H15F2NO2S/c1-23-10-13-16-14(20)3-2-4-15(16)24-17(13)18(22)21-9-11-5-7-12(19)8-6-11/h2-8H,9-10H2,1H3,(H,21,22). The average molecular weight is 347 g/mol. The van der Waals surface area contributed by atoms with E-state index < -0.39 is 0 Å². The second kappa shape index (κ2) is 7.07. The summed E-state index contributed by atoms with van der Waals surface area (Å²) in [6, 6.07) is 10.7. The van der Waals surface area contributed by atoms with Gasteiger partial charge in [-0.3, -0.25) is 4.79 Å². The van der Waals surface area contributed by atoms with Crippen LogP contribution in [0, 0.1) is 11.6 Å². The number of amides is 1. The highest BCUT2D eigenvalue weighted by Crippen LogP contribution is 2.33. The van der Waals surface area contributed by atoms with E-state index in [9.17, 15) is 13.6 Å². The second-order valence-corrected chi connectivity index (χ2v) is 6.32. The summed E-state index contributed by atoms with van der Waals surface area (Å²) >= 11 is 1.23. The number of rotatable bonds is 5. The number of benzene rings is 2. The molecule has 0 fully saturated rings. The zero-order valence-electron chi connectivity index (χ0n) is 12.9. The van der Waals surface area contributed by atoms with E-state index in [0.29, 0.717) is 20.5 Å². The van der Waals surface area contributed by atoms with Gasteiger partial charge in [0.1, 0.15) is 11.6 Å². The molecule has 3 aromatic rings. The van der Waals surface area contributed by atoms with E-state index in [2.05, 4.69) is 5.32 Å². The maximum Gasteiger partial charge on any atom is 0.262 e. The van der Waals surface area contributed by atoms with Gasteiger partial charge in [-0.05, 0) is 29.8 Å². The van der Waals surface area contributed by atoms with E-state index in [1.807, 2.05) is 0 Å². The van der Waals surface area contributed by atoms with Crippen LogP contribution in [0.1, 0.15) is 20.8 Å². The fourth-order valence-corrected chi connectivity index (χ4v) is 3.64. The predicted octanol–water partition coefficient (Wildman–Crippen LogP) is 4.26. The predicted molar refractivity (Wildman–Crippen MR) is 90.1 cm³/mol. The fraction of sp³-hybridized carbons (Fsp3) is 0.167. The summed E-state index contributed by atoms with van der Waals surface area (Å²) in [4.78, 5) is 12.9. The SMILES string of the molecule is COCc1c(C(=O)NCc2ccc(F)cc2)sc2cccc(F)c12. The number of carbonyl (C=O) groups excluding carboxylic acids is 1. The second-order valence-electron chi connectivity index (χ2n) is 5.26. The first-order valence-electron chi connectivity index (χ1n) is 7.31. The van der Waals surface area contributed by atoms with Crippen LogP contribution in [0.15, 0.2) is 42.5 Å². The Kier molecular flexibility index (Phi) is 4.87. The van der Waals surface area contributed by atoms with Crippen molar-refractivity contribution in [2.75, 3.05) is 7.11 Å². The lowest BCUT2D eigenvalue weighted by Gasteiger charge is -2.06. The van der Waals surface area contributed by atoms with E-state index in [1.165, 1.54) is 36.6 Å². The lowest BCUT2D eigenvalue weighted by molar-refractivity contribution is 0.0950. The molecular formula is C18H15F2NO2S. The highest BCUT2D eigenvalue weighted by Gasteiger charge is 2.20. The number of carbonyl (C=O) groups is 1. The first kappa shape index (κ1) is 16.5. The largest absolute Gasteiger partial charge is 0.380 e. The van der Waals surface area contributed by atoms with Crippen molar-refractivity contribution < 1.29 is 18.3 Å². The number of nitrogens with one attached hydrogen (secondary N) is 1. The van der Waals surface area contributed by atoms with Crippen LogP contribution in [-0.4, -0.2) is 13.0 Å². The summed E-state index contributed by atoms with van der Waals surface area (Å²) in [6.07, 6.45) is 0. The molecular weight excluding hydrogens is 332 g/mol. The molecule has 24 heavy (non-hydrogen) atoms. The van der Waals surface area contributed by atoms with E-state index in [1.54, 1.807) is 24.3 Å². The molecule has 1 heterocycles. The topological polar surface area (TPSA) is 38.3 Å². The minimum atomic E-state index is -0.367. The smallest absolute Gasteiger partial charge is 0.262 e. The summed E-state index contributed by atoms with van der Waals surface area (Å²) in [5.74, 6) is -0.993. The monoisotopic (exact) mass is 347 g/mol. The van der Waals surface area contributed by atoms with Gasteiger partial charge >= 0.3 is 0 Å². The number of methoxy groups -OCH3 is 1. The molecule has 2 aromatic carbocycles. The Morgan fingerprint density at radius 3 is 2.62 bits per heavy atom. The van der Waals surface area contributed by atoms with Crippen molar-refractivity contribution in [3.8, 4) is 0 Å². The van der Waals surface area contributed by atoms with Gasteiger partial charge < -0.3 is 10.1 Å². The van der Waals surface area contributed by atoms with Crippen LogP contribution in [0.4, 0.5) is 8.78 Å². The van der Waals surface area contributed by atoms with Crippen LogP contribution in [0.2, 0.25) is 0 Å². The number of hydrogen-bond acceptors (Lipinski definition) is 3. The molecule has 3 rings (SSSR count). The van der Waals surface area contributed by atoms with E-state index in [4.69, 9.17) is 4.74 Å². The molecule has 0 spiro atoms. The highest BCUT2D eigenvalue weighted by atomic mass is 32.1. The van der Waals surface area contributed by atoms with Gasteiger partial charge in [0, 0.05) is 29.3 Å². The number of thiophene rings is 1. The minimum absolute atomic E-state index is 0.153. The normalized spacial score (nSPS) is 11.0. The lowest BCUT2D eigenvalue weighted by atomic mass is 10.1. The summed E-state index contributed by atoms with van der Waals surface area (Å²) in [6.45, 7) is 0.419. The zero-order valence-corrected chi connectivity index (χ0v) is 13.8. The van der Waals surface area contributed by atoms with Crippen molar-refractivity contribution in [1.82, 2.24) is 5.32 Å². The molecule has 124 valence electrons. The van der Waals surface area contributed by atoms with Crippen molar-refractivity contribution in [3.05, 3.63) is 70.1 Å². The molecule has 1 N–H and O–H groups in total. The van der Waals surface area contributed by atoms with Crippen LogP contribution < -0.4 is 5.32 Å². The summed E-state index contributed by atoms with van der Waals surface area (Å²) < 4.78 is 32.9. The van der Waals surface area contributed by atoms with Crippen LogP contribution in [-0.2, 0) is 17.9 Å². The molecule has 3 nitrogen and oxygen atoms in total. The Bertz CT molecular complexity index is 875. The molecule has 1 aromatic heterocycles. The number of halogens is 2. The van der Waals surface area contributed by atoms with Gasteiger partial charge in [-0.15, -0.1) is 11.3 Å². The maximum absolute atomic E-state index is 14.1. The highest BCUT2D eigenvalue weighted by molar-refractivity contribution is 7.21. The summed E-state index contributed by atoms with van der Waals surface area (Å²) in [5, 5.41) is 3.21. The third kappa shape index (κ3) is 3.29. The third-order valence-corrected chi connectivity index (χ3v) is 4.82. The van der Waals surface area contributed by atoms with Crippen molar-refractivity contribution in [3.63, 3.8) is 0 Å². The Labute approximate surface area is 141 Å². The van der Waals surface area contributed by atoms with Crippen LogP contribution >= 0.6 is 11.3 Å². The Hall–Kier alpha value is -2.31. The molecule has 0 radical (unpaired) electrons. The number of fused-ring (bicyclic) bond motifs is 1. The molecule has 1 amide bonds. The van der Waals surface area contributed by atoms with Gasteiger partial charge in [0.15, 0.2) is 0 Å². The van der Waals surface area contributed by atoms with E-state index in [-0.39, 0.29) is 30.7 Å².